The van der Waals surface area contributed by atoms with Crippen LogP contribution in [-0.4, -0.2) is 26.8 Å². The summed E-state index contributed by atoms with van der Waals surface area (Å²) < 4.78 is 1.45. The zero-order chi connectivity index (χ0) is 25.1. The summed E-state index contributed by atoms with van der Waals surface area (Å²) in [4.78, 5) is 26.2. The first kappa shape index (κ1) is 23.8. The van der Waals surface area contributed by atoms with Crippen LogP contribution in [0.4, 0.5) is 10.5 Å². The maximum atomic E-state index is 13.2. The molecule has 0 bridgehead atoms. The minimum absolute atomic E-state index is 0.0121. The Bertz CT molecular complexity index is 1390. The number of phenols is 1. The van der Waals surface area contributed by atoms with Gasteiger partial charge in [-0.05, 0) is 60.5 Å². The molecule has 1 aliphatic carbocycles. The van der Waals surface area contributed by atoms with E-state index in [-0.39, 0.29) is 23.6 Å². The lowest BCUT2D eigenvalue weighted by molar-refractivity contribution is 0.103. The highest BCUT2D eigenvalue weighted by molar-refractivity contribution is 7.12. The van der Waals surface area contributed by atoms with Crippen LogP contribution in [0, 0.1) is 6.92 Å². The van der Waals surface area contributed by atoms with Gasteiger partial charge >= 0.3 is 6.03 Å². The molecule has 36 heavy (non-hydrogen) atoms. The molecule has 3 N–H and O–H groups in total. The van der Waals surface area contributed by atoms with E-state index in [9.17, 15) is 14.7 Å². The van der Waals surface area contributed by atoms with Gasteiger partial charge in [-0.3, -0.25) is 4.79 Å². The van der Waals surface area contributed by atoms with Gasteiger partial charge in [0.2, 0.25) is 0 Å². The Hall–Kier alpha value is -3.91. The fraction of sp³-hybridized carbons (Fsp3) is 0.250. The molecule has 2 aromatic heterocycles. The number of nitrogens with one attached hydrogen (secondary N) is 2. The molecule has 7 nitrogen and oxygen atoms in total. The second-order valence-corrected chi connectivity index (χ2v) is 10.0. The van der Waals surface area contributed by atoms with Crippen LogP contribution in [0.25, 0.3) is 11.3 Å². The number of phenolic OH excluding ortho intramolecular Hbond substituents is 1. The van der Waals surface area contributed by atoms with Crippen molar-refractivity contribution in [2.75, 3.05) is 5.32 Å². The first-order chi connectivity index (χ1) is 17.5. The Morgan fingerprint density at radius 1 is 1.08 bits per heavy atom. The number of hydrogen-bond donors (Lipinski definition) is 3. The molecule has 0 radical (unpaired) electrons. The molecule has 2 heterocycles. The van der Waals surface area contributed by atoms with Gasteiger partial charge in [0.15, 0.2) is 0 Å². The van der Waals surface area contributed by atoms with E-state index >= 15 is 0 Å². The molecule has 184 valence electrons. The number of benzene rings is 2. The molecule has 2 amide bonds. The molecule has 0 unspecified atom stereocenters. The second kappa shape index (κ2) is 10.4. The van der Waals surface area contributed by atoms with Crippen LogP contribution >= 0.6 is 11.3 Å². The van der Waals surface area contributed by atoms with E-state index in [1.165, 1.54) is 22.1 Å². The van der Waals surface area contributed by atoms with E-state index in [4.69, 9.17) is 0 Å². The average molecular weight is 501 g/mol. The SMILES string of the molecule is Cc1ccccc1CNC(=O)n1nc(-c2ccc(NC(=O)c3cccs3)cc2O)cc1C1CCCC1. The maximum Gasteiger partial charge on any atom is 0.342 e. The number of carbonyl (C=O) groups excluding carboxylic acids is 2. The van der Waals surface area contributed by atoms with Crippen molar-refractivity contribution >= 4 is 29.0 Å². The van der Waals surface area contributed by atoms with Crippen LogP contribution in [0.5, 0.6) is 5.75 Å². The highest BCUT2D eigenvalue weighted by Crippen LogP contribution is 2.38. The van der Waals surface area contributed by atoms with Gasteiger partial charge in [0.25, 0.3) is 5.91 Å². The summed E-state index contributed by atoms with van der Waals surface area (Å²) in [6, 6.07) is 18.1. The van der Waals surface area contributed by atoms with E-state index in [1.807, 2.05) is 48.7 Å². The monoisotopic (exact) mass is 500 g/mol. The molecule has 5 rings (SSSR count). The van der Waals surface area contributed by atoms with Crippen LogP contribution in [0.1, 0.15) is 58.1 Å². The third-order valence-electron chi connectivity index (χ3n) is 6.67. The standard InChI is InChI=1S/C28H28N4O3S/c1-18-7-2-3-10-20(18)17-29-28(35)32-24(19-8-4-5-9-19)16-23(31-32)22-13-12-21(15-25(22)33)30-27(34)26-11-6-14-36-26/h2-3,6-7,10-16,19,33H,4-5,8-9,17H2,1H3,(H,29,35)(H,30,34). The van der Waals surface area contributed by atoms with Gasteiger partial charge in [-0.25, -0.2) is 4.79 Å². The number of aromatic nitrogens is 2. The van der Waals surface area contributed by atoms with Crippen LogP contribution < -0.4 is 10.6 Å². The van der Waals surface area contributed by atoms with E-state index in [2.05, 4.69) is 15.7 Å². The first-order valence-electron chi connectivity index (χ1n) is 12.1. The van der Waals surface area contributed by atoms with E-state index in [0.717, 1.165) is 42.5 Å². The van der Waals surface area contributed by atoms with Crippen LogP contribution in [0.3, 0.4) is 0 Å². The number of anilines is 1. The lowest BCUT2D eigenvalue weighted by atomic mass is 10.0. The maximum absolute atomic E-state index is 13.2. The van der Waals surface area contributed by atoms with E-state index in [1.54, 1.807) is 18.2 Å². The highest BCUT2D eigenvalue weighted by atomic mass is 32.1. The summed E-state index contributed by atoms with van der Waals surface area (Å²) in [5, 5.41) is 23.0. The zero-order valence-electron chi connectivity index (χ0n) is 20.0. The molecule has 4 aromatic rings. The third kappa shape index (κ3) is 5.04. The van der Waals surface area contributed by atoms with Crippen LogP contribution in [-0.2, 0) is 6.54 Å². The topological polar surface area (TPSA) is 96.3 Å². The van der Waals surface area contributed by atoms with Gasteiger partial charge in [0, 0.05) is 29.8 Å². The molecule has 0 saturated heterocycles. The smallest absolute Gasteiger partial charge is 0.342 e. The molecule has 0 aliphatic heterocycles. The molecule has 1 saturated carbocycles. The third-order valence-corrected chi connectivity index (χ3v) is 7.54. The zero-order valence-corrected chi connectivity index (χ0v) is 20.8. The van der Waals surface area contributed by atoms with Gasteiger partial charge in [-0.1, -0.05) is 43.2 Å². The van der Waals surface area contributed by atoms with Crippen LogP contribution in [0.2, 0.25) is 0 Å². The van der Waals surface area contributed by atoms with Gasteiger partial charge in [0.1, 0.15) is 5.75 Å². The molecule has 8 heteroatoms. The quantitative estimate of drug-likeness (QED) is 0.290. The van der Waals surface area contributed by atoms with Crippen molar-refractivity contribution in [1.82, 2.24) is 15.1 Å². The highest BCUT2D eigenvalue weighted by Gasteiger charge is 2.26. The summed E-state index contributed by atoms with van der Waals surface area (Å²) in [5.74, 6) is 0.0131. The van der Waals surface area contributed by atoms with Crippen molar-refractivity contribution in [3.8, 4) is 17.0 Å². The van der Waals surface area contributed by atoms with E-state index in [0.29, 0.717) is 28.4 Å². The molecular formula is C28H28N4O3S. The summed E-state index contributed by atoms with van der Waals surface area (Å²) in [5.41, 5.74) is 4.55. The predicted molar refractivity (Wildman–Crippen MR) is 142 cm³/mol. The largest absolute Gasteiger partial charge is 0.507 e. The minimum Gasteiger partial charge on any atom is -0.507 e. The number of aryl methyl sites for hydroxylation is 1. The Kier molecular flexibility index (Phi) is 6.86. The van der Waals surface area contributed by atoms with Crippen molar-refractivity contribution < 1.29 is 14.7 Å². The predicted octanol–water partition coefficient (Wildman–Crippen LogP) is 6.29. The number of amides is 2. The van der Waals surface area contributed by atoms with Gasteiger partial charge in [0.05, 0.1) is 16.3 Å². The van der Waals surface area contributed by atoms with Crippen molar-refractivity contribution in [1.29, 1.82) is 0 Å². The number of nitrogens with zero attached hydrogens (tertiary/aromatic N) is 2. The fourth-order valence-corrected chi connectivity index (χ4v) is 5.30. The Labute approximate surface area is 213 Å². The molecule has 1 aliphatic rings. The summed E-state index contributed by atoms with van der Waals surface area (Å²) in [6.07, 6.45) is 4.27. The molecule has 2 aromatic carbocycles. The first-order valence-corrected chi connectivity index (χ1v) is 13.0. The second-order valence-electron chi connectivity index (χ2n) is 9.10. The summed E-state index contributed by atoms with van der Waals surface area (Å²) in [6.45, 7) is 2.43. The van der Waals surface area contributed by atoms with Crippen molar-refractivity contribution in [2.24, 2.45) is 0 Å². The van der Waals surface area contributed by atoms with Gasteiger partial charge in [-0.2, -0.15) is 9.78 Å². The van der Waals surface area contributed by atoms with Crippen molar-refractivity contribution in [2.45, 2.75) is 45.1 Å². The van der Waals surface area contributed by atoms with E-state index < -0.39 is 0 Å². The van der Waals surface area contributed by atoms with Crippen LogP contribution in [0.15, 0.2) is 66.0 Å². The Morgan fingerprint density at radius 3 is 2.61 bits per heavy atom. The number of rotatable bonds is 6. The lowest BCUT2D eigenvalue weighted by Gasteiger charge is -2.13. The van der Waals surface area contributed by atoms with Gasteiger partial charge in [-0.15, -0.1) is 11.3 Å². The number of aromatic hydroxyl groups is 1. The fourth-order valence-electron chi connectivity index (χ4n) is 4.68. The lowest BCUT2D eigenvalue weighted by Crippen LogP contribution is -2.31. The minimum atomic E-state index is -0.286. The Morgan fingerprint density at radius 2 is 1.89 bits per heavy atom. The number of carbonyl (C=O) groups is 2. The summed E-state index contributed by atoms with van der Waals surface area (Å²) >= 11 is 1.35. The van der Waals surface area contributed by atoms with Crippen molar-refractivity contribution in [3.63, 3.8) is 0 Å². The van der Waals surface area contributed by atoms with Crippen molar-refractivity contribution in [3.05, 3.63) is 87.7 Å². The number of thiophene rings is 1. The molecular weight excluding hydrogens is 472 g/mol. The normalized spacial score (nSPS) is 13.6. The molecule has 1 fully saturated rings. The number of hydrogen-bond acceptors (Lipinski definition) is 5. The molecule has 0 spiro atoms. The molecule has 0 atom stereocenters. The Balaban J connectivity index is 1.39. The summed E-state index contributed by atoms with van der Waals surface area (Å²) in [7, 11) is 0. The average Bonchev–Trinajstić information content (AvgIpc) is 3.65. The van der Waals surface area contributed by atoms with Gasteiger partial charge < -0.3 is 15.7 Å².